The molecule has 0 aliphatic heterocycles. The number of aliphatic hydroxyl groups is 1. The number of ether oxygens (including phenoxy) is 2. The van der Waals surface area contributed by atoms with Crippen LogP contribution in [0.4, 0.5) is 0 Å². The van der Waals surface area contributed by atoms with E-state index in [2.05, 4.69) is 5.32 Å². The lowest BCUT2D eigenvalue weighted by Gasteiger charge is -2.25. The van der Waals surface area contributed by atoms with Crippen molar-refractivity contribution in [1.82, 2.24) is 5.32 Å². The SMILES string of the molecule is CCOC(=O)C(C)(C)Oc1ccc(CCNC(C)C(O)c2ccc(O)cc2)cc1C. The van der Waals surface area contributed by atoms with Crippen molar-refractivity contribution in [3.63, 3.8) is 0 Å². The van der Waals surface area contributed by atoms with Crippen LogP contribution in [-0.2, 0) is 16.0 Å². The molecular weight excluding hydrogens is 382 g/mol. The van der Waals surface area contributed by atoms with Crippen molar-refractivity contribution in [1.29, 1.82) is 0 Å². The van der Waals surface area contributed by atoms with E-state index in [1.165, 1.54) is 0 Å². The van der Waals surface area contributed by atoms with Gasteiger partial charge in [-0.1, -0.05) is 24.3 Å². The summed E-state index contributed by atoms with van der Waals surface area (Å²) in [5.74, 6) is 0.444. The molecule has 0 aromatic heterocycles. The largest absolute Gasteiger partial charge is 0.508 e. The van der Waals surface area contributed by atoms with Gasteiger partial charge in [0.05, 0.1) is 12.7 Å². The summed E-state index contributed by atoms with van der Waals surface area (Å²) in [4.78, 5) is 12.0. The predicted molar refractivity (Wildman–Crippen MR) is 117 cm³/mol. The van der Waals surface area contributed by atoms with Gasteiger partial charge < -0.3 is 25.0 Å². The number of aromatic hydroxyl groups is 1. The number of phenols is 1. The number of hydrogen-bond donors (Lipinski definition) is 3. The molecule has 0 fully saturated rings. The molecule has 2 aromatic carbocycles. The third kappa shape index (κ3) is 6.47. The molecule has 2 aromatic rings. The molecule has 0 heterocycles. The molecule has 2 unspecified atom stereocenters. The highest BCUT2D eigenvalue weighted by molar-refractivity contribution is 5.79. The van der Waals surface area contributed by atoms with E-state index in [1.54, 1.807) is 45.0 Å². The van der Waals surface area contributed by atoms with Crippen LogP contribution in [0, 0.1) is 6.92 Å². The summed E-state index contributed by atoms with van der Waals surface area (Å²) in [6.45, 7) is 10.1. The Labute approximate surface area is 178 Å². The number of aryl methyl sites for hydroxylation is 1. The van der Waals surface area contributed by atoms with Crippen LogP contribution >= 0.6 is 0 Å². The third-order valence-corrected chi connectivity index (χ3v) is 4.96. The normalized spacial score (nSPS) is 13.5. The Kier molecular flexibility index (Phi) is 8.26. The van der Waals surface area contributed by atoms with Crippen molar-refractivity contribution < 1.29 is 24.5 Å². The number of rotatable bonds is 10. The number of benzene rings is 2. The lowest BCUT2D eigenvalue weighted by atomic mass is 10.0. The molecule has 0 saturated carbocycles. The second kappa shape index (κ2) is 10.5. The molecule has 2 atom stereocenters. The molecule has 0 saturated heterocycles. The van der Waals surface area contributed by atoms with Crippen LogP contribution in [0.5, 0.6) is 11.5 Å². The number of carbonyl (C=O) groups is 1. The minimum Gasteiger partial charge on any atom is -0.508 e. The minimum atomic E-state index is -1.05. The Bertz CT molecular complexity index is 832. The maximum Gasteiger partial charge on any atom is 0.349 e. The van der Waals surface area contributed by atoms with Crippen molar-refractivity contribution in [3.05, 3.63) is 59.2 Å². The first-order chi connectivity index (χ1) is 14.1. The van der Waals surface area contributed by atoms with E-state index in [1.807, 2.05) is 32.0 Å². The van der Waals surface area contributed by atoms with Gasteiger partial charge >= 0.3 is 5.97 Å². The Morgan fingerprint density at radius 1 is 1.17 bits per heavy atom. The molecule has 6 heteroatoms. The number of esters is 1. The van der Waals surface area contributed by atoms with E-state index in [9.17, 15) is 15.0 Å². The van der Waals surface area contributed by atoms with Crippen molar-refractivity contribution in [2.24, 2.45) is 0 Å². The van der Waals surface area contributed by atoms with Crippen molar-refractivity contribution >= 4 is 5.97 Å². The number of phenolic OH excluding ortho intramolecular Hbond substituents is 1. The Morgan fingerprint density at radius 2 is 1.83 bits per heavy atom. The van der Waals surface area contributed by atoms with Gasteiger partial charge in [-0.2, -0.15) is 0 Å². The molecule has 0 spiro atoms. The van der Waals surface area contributed by atoms with Crippen LogP contribution in [0.2, 0.25) is 0 Å². The number of aliphatic hydroxyl groups excluding tert-OH is 1. The molecule has 30 heavy (non-hydrogen) atoms. The summed E-state index contributed by atoms with van der Waals surface area (Å²) in [5.41, 5.74) is 1.79. The fourth-order valence-corrected chi connectivity index (χ4v) is 3.12. The lowest BCUT2D eigenvalue weighted by Crippen LogP contribution is -2.39. The Balaban J connectivity index is 1.90. The summed E-state index contributed by atoms with van der Waals surface area (Å²) in [6.07, 6.45) is 0.128. The minimum absolute atomic E-state index is 0.136. The van der Waals surface area contributed by atoms with Gasteiger partial charge in [0.2, 0.25) is 0 Å². The standard InChI is InChI=1S/C24H33NO5/c1-6-29-23(28)24(4,5)30-21-12-7-18(15-16(21)2)13-14-25-17(3)22(27)19-8-10-20(26)11-9-19/h7-12,15,17,22,25-27H,6,13-14H2,1-5H3. The average molecular weight is 416 g/mol. The first kappa shape index (κ1) is 23.7. The van der Waals surface area contributed by atoms with Gasteiger partial charge in [-0.05, 0) is 82.5 Å². The summed E-state index contributed by atoms with van der Waals surface area (Å²) < 4.78 is 11.0. The molecule has 0 amide bonds. The summed E-state index contributed by atoms with van der Waals surface area (Å²) in [5, 5.41) is 23.2. The van der Waals surface area contributed by atoms with Gasteiger partial charge in [-0.3, -0.25) is 0 Å². The molecule has 164 valence electrons. The van der Waals surface area contributed by atoms with E-state index < -0.39 is 11.7 Å². The maximum absolute atomic E-state index is 12.0. The second-order valence-electron chi connectivity index (χ2n) is 7.96. The van der Waals surface area contributed by atoms with Crippen LogP contribution in [0.25, 0.3) is 0 Å². The molecule has 6 nitrogen and oxygen atoms in total. The van der Waals surface area contributed by atoms with Crippen LogP contribution in [-0.4, -0.2) is 41.0 Å². The van der Waals surface area contributed by atoms with Crippen molar-refractivity contribution in [2.45, 2.75) is 58.8 Å². The first-order valence-electron chi connectivity index (χ1n) is 10.3. The highest BCUT2D eigenvalue weighted by Gasteiger charge is 2.32. The van der Waals surface area contributed by atoms with E-state index in [-0.39, 0.29) is 17.8 Å². The fraction of sp³-hybridized carbons (Fsp3) is 0.458. The number of hydrogen-bond acceptors (Lipinski definition) is 6. The second-order valence-corrected chi connectivity index (χ2v) is 7.96. The van der Waals surface area contributed by atoms with Gasteiger partial charge in [0.1, 0.15) is 11.5 Å². The smallest absolute Gasteiger partial charge is 0.349 e. The monoisotopic (exact) mass is 415 g/mol. The van der Waals surface area contributed by atoms with Crippen LogP contribution < -0.4 is 10.1 Å². The Morgan fingerprint density at radius 3 is 2.43 bits per heavy atom. The van der Waals surface area contributed by atoms with Crippen LogP contribution in [0.15, 0.2) is 42.5 Å². The molecule has 0 bridgehead atoms. The third-order valence-electron chi connectivity index (χ3n) is 4.96. The maximum atomic E-state index is 12.0. The van der Waals surface area contributed by atoms with Gasteiger partial charge in [-0.15, -0.1) is 0 Å². The highest BCUT2D eigenvalue weighted by Crippen LogP contribution is 2.25. The van der Waals surface area contributed by atoms with Crippen molar-refractivity contribution in [3.8, 4) is 11.5 Å². The highest BCUT2D eigenvalue weighted by atomic mass is 16.6. The Hall–Kier alpha value is -2.57. The zero-order valence-electron chi connectivity index (χ0n) is 18.4. The van der Waals surface area contributed by atoms with E-state index in [4.69, 9.17) is 9.47 Å². The van der Waals surface area contributed by atoms with Gasteiger partial charge in [0.25, 0.3) is 0 Å². The topological polar surface area (TPSA) is 88.0 Å². The molecule has 2 rings (SSSR count). The van der Waals surface area contributed by atoms with Crippen molar-refractivity contribution in [2.75, 3.05) is 13.2 Å². The molecule has 3 N–H and O–H groups in total. The zero-order valence-corrected chi connectivity index (χ0v) is 18.4. The fourth-order valence-electron chi connectivity index (χ4n) is 3.12. The van der Waals surface area contributed by atoms with E-state index in [0.29, 0.717) is 18.9 Å². The van der Waals surface area contributed by atoms with E-state index >= 15 is 0 Å². The van der Waals surface area contributed by atoms with Gasteiger partial charge in [0.15, 0.2) is 5.60 Å². The summed E-state index contributed by atoms with van der Waals surface area (Å²) >= 11 is 0. The molecule has 0 radical (unpaired) electrons. The molecular formula is C24H33NO5. The van der Waals surface area contributed by atoms with Crippen LogP contribution in [0.1, 0.15) is 50.5 Å². The van der Waals surface area contributed by atoms with Crippen LogP contribution in [0.3, 0.4) is 0 Å². The molecule has 0 aliphatic rings. The lowest BCUT2D eigenvalue weighted by molar-refractivity contribution is -0.158. The van der Waals surface area contributed by atoms with Gasteiger partial charge in [0, 0.05) is 6.04 Å². The first-order valence-corrected chi connectivity index (χ1v) is 10.3. The predicted octanol–water partition coefficient (Wildman–Crippen LogP) is 3.68. The quantitative estimate of drug-likeness (QED) is 0.513. The molecule has 0 aliphatic carbocycles. The summed E-state index contributed by atoms with van der Waals surface area (Å²) in [6, 6.07) is 12.3. The van der Waals surface area contributed by atoms with E-state index in [0.717, 1.165) is 23.1 Å². The number of carbonyl (C=O) groups excluding carboxylic acids is 1. The summed E-state index contributed by atoms with van der Waals surface area (Å²) in [7, 11) is 0. The number of nitrogens with one attached hydrogen (secondary N) is 1. The zero-order chi connectivity index (χ0) is 22.3. The van der Waals surface area contributed by atoms with Gasteiger partial charge in [-0.25, -0.2) is 4.79 Å². The average Bonchev–Trinajstić information content (AvgIpc) is 2.70.